The smallest absolute Gasteiger partial charge is 0.0323 e. The van der Waals surface area contributed by atoms with Crippen molar-refractivity contribution < 1.29 is 0 Å². The molecule has 0 radical (unpaired) electrons. The Morgan fingerprint density at radius 1 is 1.11 bits per heavy atom. The third kappa shape index (κ3) is 4.12. The largest absolute Gasteiger partial charge is 0.399 e. The second-order valence-electron chi connectivity index (χ2n) is 5.16. The first kappa shape index (κ1) is 15.8. The molecular weight excluding hydrogens is 230 g/mol. The van der Waals surface area contributed by atoms with Crippen LogP contribution in [0.25, 0.3) is 6.08 Å². The fraction of sp³-hybridized carbons (Fsp3) is 0.556. The molecule has 0 saturated heterocycles. The molecule has 0 atom stereocenters. The summed E-state index contributed by atoms with van der Waals surface area (Å²) in [5, 5.41) is 0. The molecule has 0 aromatic heterocycles. The van der Waals surface area contributed by atoms with E-state index in [9.17, 15) is 0 Å². The highest BCUT2D eigenvalue weighted by molar-refractivity contribution is 5.62. The molecule has 1 nitrogen and oxygen atoms in total. The highest BCUT2D eigenvalue weighted by Crippen LogP contribution is 2.36. The van der Waals surface area contributed by atoms with Gasteiger partial charge >= 0.3 is 0 Å². The van der Waals surface area contributed by atoms with E-state index in [4.69, 9.17) is 5.73 Å². The van der Waals surface area contributed by atoms with Crippen LogP contribution in [0.5, 0.6) is 0 Å². The summed E-state index contributed by atoms with van der Waals surface area (Å²) in [4.78, 5) is 0. The third-order valence-corrected chi connectivity index (χ3v) is 3.90. The van der Waals surface area contributed by atoms with Gasteiger partial charge in [0.05, 0.1) is 0 Å². The predicted molar refractivity (Wildman–Crippen MR) is 87.5 cm³/mol. The van der Waals surface area contributed by atoms with Gasteiger partial charge in [0.25, 0.3) is 0 Å². The minimum atomic E-state index is 0.733. The number of anilines is 1. The zero-order valence-electron chi connectivity index (χ0n) is 13.0. The quantitative estimate of drug-likeness (QED) is 0.679. The van der Waals surface area contributed by atoms with Gasteiger partial charge in [-0.15, -0.1) is 0 Å². The Kier molecular flexibility index (Phi) is 6.69. The van der Waals surface area contributed by atoms with Gasteiger partial charge in [-0.05, 0) is 61.4 Å². The Balaban J connectivity index is 0.000000861. The summed E-state index contributed by atoms with van der Waals surface area (Å²) in [5.74, 6) is 0.733. The lowest BCUT2D eigenvalue weighted by molar-refractivity contribution is 0.442. The van der Waals surface area contributed by atoms with Crippen LogP contribution in [0.1, 0.15) is 75.5 Å². The molecule has 19 heavy (non-hydrogen) atoms. The van der Waals surface area contributed by atoms with Gasteiger partial charge in [0.15, 0.2) is 0 Å². The summed E-state index contributed by atoms with van der Waals surface area (Å²) in [5.41, 5.74) is 11.1. The fourth-order valence-electron chi connectivity index (χ4n) is 2.97. The third-order valence-electron chi connectivity index (χ3n) is 3.90. The second kappa shape index (κ2) is 8.04. The molecule has 0 aliphatic heterocycles. The molecule has 2 N–H and O–H groups in total. The van der Waals surface area contributed by atoms with Crippen LogP contribution >= 0.6 is 0 Å². The Labute approximate surface area is 118 Å². The number of allylic oxidation sites excluding steroid dienone is 1. The molecule has 1 aromatic carbocycles. The molecule has 1 aliphatic rings. The molecule has 2 rings (SSSR count). The highest BCUT2D eigenvalue weighted by atomic mass is 14.5. The van der Waals surface area contributed by atoms with Crippen LogP contribution in [-0.4, -0.2) is 0 Å². The van der Waals surface area contributed by atoms with Crippen molar-refractivity contribution in [3.05, 3.63) is 34.9 Å². The molecule has 1 aromatic rings. The van der Waals surface area contributed by atoms with Gasteiger partial charge in [-0.2, -0.15) is 0 Å². The standard InChI is InChI=1S/C16H23N.C2H6/c1-3-7-14-10-15(17)11-16(12(14)2)13-8-5-4-6-9-13;1-2/h3,7,10-11,13H,4-6,8-9,17H2,1-2H3;1-2H3/b7-3-;. The number of hydrogen-bond donors (Lipinski definition) is 1. The van der Waals surface area contributed by atoms with E-state index in [1.807, 2.05) is 13.8 Å². The molecule has 0 spiro atoms. The van der Waals surface area contributed by atoms with Crippen molar-refractivity contribution in [1.82, 2.24) is 0 Å². The first-order valence-corrected chi connectivity index (χ1v) is 7.75. The van der Waals surface area contributed by atoms with E-state index in [0.29, 0.717) is 0 Å². The first-order valence-electron chi connectivity index (χ1n) is 7.75. The second-order valence-corrected chi connectivity index (χ2v) is 5.16. The van der Waals surface area contributed by atoms with E-state index in [2.05, 4.69) is 38.1 Å². The molecule has 0 heterocycles. The van der Waals surface area contributed by atoms with Gasteiger partial charge in [0, 0.05) is 5.69 Å². The lowest BCUT2D eigenvalue weighted by atomic mass is 9.81. The van der Waals surface area contributed by atoms with Crippen LogP contribution in [0.15, 0.2) is 18.2 Å². The molecule has 0 unspecified atom stereocenters. The highest BCUT2D eigenvalue weighted by Gasteiger charge is 2.18. The van der Waals surface area contributed by atoms with Crippen molar-refractivity contribution in [3.8, 4) is 0 Å². The molecule has 0 amide bonds. The summed E-state index contributed by atoms with van der Waals surface area (Å²) in [6, 6.07) is 4.28. The number of hydrogen-bond acceptors (Lipinski definition) is 1. The maximum atomic E-state index is 6.03. The Morgan fingerprint density at radius 3 is 2.32 bits per heavy atom. The Bertz CT molecular complexity index is 412. The average Bonchev–Trinajstić information content (AvgIpc) is 2.46. The van der Waals surface area contributed by atoms with Gasteiger partial charge in [0.2, 0.25) is 0 Å². The van der Waals surface area contributed by atoms with Crippen LogP contribution in [0.3, 0.4) is 0 Å². The maximum Gasteiger partial charge on any atom is 0.0323 e. The number of nitrogen functional groups attached to an aromatic ring is 1. The fourth-order valence-corrected chi connectivity index (χ4v) is 2.97. The molecule has 1 saturated carbocycles. The number of rotatable bonds is 2. The lowest BCUT2D eigenvalue weighted by Gasteiger charge is -2.24. The van der Waals surface area contributed by atoms with Gasteiger partial charge in [0.1, 0.15) is 0 Å². The summed E-state index contributed by atoms with van der Waals surface area (Å²) in [6.45, 7) is 8.29. The normalized spacial score (nSPS) is 16.2. The zero-order chi connectivity index (χ0) is 14.3. The van der Waals surface area contributed by atoms with Gasteiger partial charge < -0.3 is 5.73 Å². The zero-order valence-corrected chi connectivity index (χ0v) is 13.0. The van der Waals surface area contributed by atoms with Crippen LogP contribution < -0.4 is 5.73 Å². The Morgan fingerprint density at radius 2 is 1.74 bits per heavy atom. The van der Waals surface area contributed by atoms with Crippen molar-refractivity contribution >= 4 is 11.8 Å². The van der Waals surface area contributed by atoms with Crippen LogP contribution in [0.2, 0.25) is 0 Å². The average molecular weight is 259 g/mol. The van der Waals surface area contributed by atoms with Gasteiger partial charge in [-0.25, -0.2) is 0 Å². The molecular formula is C18H29N. The summed E-state index contributed by atoms with van der Waals surface area (Å²) >= 11 is 0. The summed E-state index contributed by atoms with van der Waals surface area (Å²) in [7, 11) is 0. The van der Waals surface area contributed by atoms with Crippen molar-refractivity contribution in [2.24, 2.45) is 0 Å². The van der Waals surface area contributed by atoms with Crippen molar-refractivity contribution in [3.63, 3.8) is 0 Å². The van der Waals surface area contributed by atoms with E-state index in [0.717, 1.165) is 11.6 Å². The summed E-state index contributed by atoms with van der Waals surface area (Å²) < 4.78 is 0. The molecule has 1 aliphatic carbocycles. The van der Waals surface area contributed by atoms with Gasteiger partial charge in [-0.1, -0.05) is 45.3 Å². The molecule has 1 heteroatoms. The van der Waals surface area contributed by atoms with E-state index in [1.54, 1.807) is 0 Å². The topological polar surface area (TPSA) is 26.0 Å². The molecule has 1 fully saturated rings. The summed E-state index contributed by atoms with van der Waals surface area (Å²) in [6.07, 6.45) is 11.1. The number of benzene rings is 1. The van der Waals surface area contributed by atoms with E-state index in [-0.39, 0.29) is 0 Å². The van der Waals surface area contributed by atoms with Gasteiger partial charge in [-0.3, -0.25) is 0 Å². The minimum Gasteiger partial charge on any atom is -0.399 e. The number of nitrogens with two attached hydrogens (primary N) is 1. The van der Waals surface area contributed by atoms with E-state index >= 15 is 0 Å². The van der Waals surface area contributed by atoms with Crippen LogP contribution in [0.4, 0.5) is 5.69 Å². The molecule has 106 valence electrons. The van der Waals surface area contributed by atoms with Crippen molar-refractivity contribution in [1.29, 1.82) is 0 Å². The van der Waals surface area contributed by atoms with E-state index < -0.39 is 0 Å². The maximum absolute atomic E-state index is 6.03. The van der Waals surface area contributed by atoms with E-state index in [1.165, 1.54) is 48.8 Å². The monoisotopic (exact) mass is 259 g/mol. The SMILES string of the molecule is C/C=C\c1cc(N)cc(C2CCCCC2)c1C.CC. The van der Waals surface area contributed by atoms with Crippen molar-refractivity contribution in [2.45, 2.75) is 65.7 Å². The first-order chi connectivity index (χ1) is 9.22. The minimum absolute atomic E-state index is 0.733. The Hall–Kier alpha value is -1.24. The molecule has 0 bridgehead atoms. The lowest BCUT2D eigenvalue weighted by Crippen LogP contribution is -2.07. The predicted octanol–water partition coefficient (Wildman–Crippen LogP) is 5.68. The van der Waals surface area contributed by atoms with Crippen LogP contribution in [0, 0.1) is 6.92 Å². The van der Waals surface area contributed by atoms with Crippen molar-refractivity contribution in [2.75, 3.05) is 5.73 Å². The van der Waals surface area contributed by atoms with Crippen LogP contribution in [-0.2, 0) is 0 Å².